The number of primary amides is 1. The van der Waals surface area contributed by atoms with Gasteiger partial charge >= 0.3 is 17.9 Å². The van der Waals surface area contributed by atoms with E-state index in [0.29, 0.717) is 12.2 Å². The molecule has 21 heavy (non-hydrogen) atoms. The van der Waals surface area contributed by atoms with Crippen LogP contribution in [0.2, 0.25) is 0 Å². The lowest BCUT2D eigenvalue weighted by atomic mass is 10.5. The van der Waals surface area contributed by atoms with E-state index in [1.807, 2.05) is 0 Å². The molecule has 0 aliphatic heterocycles. The Morgan fingerprint density at radius 1 is 1.00 bits per heavy atom. The van der Waals surface area contributed by atoms with E-state index in [1.165, 1.54) is 0 Å². The van der Waals surface area contributed by atoms with Crippen LogP contribution in [0.3, 0.4) is 0 Å². The van der Waals surface area contributed by atoms with Crippen LogP contribution < -0.4 is 5.73 Å². The van der Waals surface area contributed by atoms with Crippen LogP contribution in [0.15, 0.2) is 37.5 Å². The number of carbonyl (C=O) groups excluding carboxylic acids is 2. The van der Waals surface area contributed by atoms with Crippen LogP contribution in [0.1, 0.15) is 0 Å². The highest BCUT2D eigenvalue weighted by Crippen LogP contribution is 1.75. The summed E-state index contributed by atoms with van der Waals surface area (Å²) in [5.74, 6) is -3.50. The van der Waals surface area contributed by atoms with Gasteiger partial charge in [-0.1, -0.05) is 13.2 Å². The molecule has 0 aliphatic rings. The number of carboxylic acid groups (broad SMARTS) is 2. The molecule has 0 radical (unpaired) electrons. The zero-order chi connectivity index (χ0) is 17.3. The van der Waals surface area contributed by atoms with Crippen molar-refractivity contribution in [2.45, 2.75) is 0 Å². The molecule has 0 aliphatic carbocycles. The Morgan fingerprint density at radius 3 is 1.57 bits per heavy atom. The van der Waals surface area contributed by atoms with E-state index in [4.69, 9.17) is 15.3 Å². The number of ether oxygens (including phenoxy) is 1. The third-order valence-electron chi connectivity index (χ3n) is 1.07. The second-order valence-electron chi connectivity index (χ2n) is 2.71. The number of hydrogen-bond acceptors (Lipinski definition) is 6. The number of amides is 1. The molecule has 1 amide bonds. The number of rotatable bonds is 6. The largest absolute Gasteiger partial charge is 0.478 e. The van der Waals surface area contributed by atoms with Crippen molar-refractivity contribution in [3.05, 3.63) is 37.5 Å². The second kappa shape index (κ2) is 17.1. The number of hydrogen-bond donors (Lipinski definition) is 4. The SMILES string of the molecule is C=CC(=O)OCCO.C=CC(N)=O.O=C(O)C=CC(=O)O. The summed E-state index contributed by atoms with van der Waals surface area (Å²) in [5.41, 5.74) is 4.53. The zero-order valence-electron chi connectivity index (χ0n) is 11.1. The summed E-state index contributed by atoms with van der Waals surface area (Å²) in [4.78, 5) is 38.7. The second-order valence-corrected chi connectivity index (χ2v) is 2.71. The first kappa shape index (κ1) is 23.2. The lowest BCUT2D eigenvalue weighted by Crippen LogP contribution is -2.04. The number of aliphatic carboxylic acids is 2. The van der Waals surface area contributed by atoms with Crippen molar-refractivity contribution in [1.82, 2.24) is 0 Å². The van der Waals surface area contributed by atoms with E-state index < -0.39 is 23.8 Å². The molecule has 5 N–H and O–H groups in total. The first-order valence-electron chi connectivity index (χ1n) is 5.17. The van der Waals surface area contributed by atoms with E-state index in [-0.39, 0.29) is 13.2 Å². The third kappa shape index (κ3) is 38.2. The summed E-state index contributed by atoms with van der Waals surface area (Å²) in [7, 11) is 0. The fourth-order valence-corrected chi connectivity index (χ4v) is 0.348. The molecule has 0 spiro atoms. The maximum absolute atomic E-state index is 10.1. The summed E-state index contributed by atoms with van der Waals surface area (Å²) in [6, 6.07) is 0. The zero-order valence-corrected chi connectivity index (χ0v) is 11.1. The van der Waals surface area contributed by atoms with E-state index in [2.05, 4.69) is 23.6 Å². The van der Waals surface area contributed by atoms with Gasteiger partial charge in [0.15, 0.2) is 0 Å². The lowest BCUT2D eigenvalue weighted by Gasteiger charge is -1.94. The molecule has 0 fully saturated rings. The smallest absolute Gasteiger partial charge is 0.330 e. The molecule has 0 aromatic heterocycles. The monoisotopic (exact) mass is 303 g/mol. The Morgan fingerprint density at radius 2 is 1.38 bits per heavy atom. The molecule has 9 heteroatoms. The number of aliphatic hydroxyl groups is 1. The number of carbonyl (C=O) groups is 4. The van der Waals surface area contributed by atoms with Crippen molar-refractivity contribution >= 4 is 23.8 Å². The minimum absolute atomic E-state index is 0.0465. The Labute approximate surface area is 120 Å². The highest BCUT2D eigenvalue weighted by molar-refractivity contribution is 5.89. The molecule has 0 atom stereocenters. The minimum Gasteiger partial charge on any atom is -0.478 e. The average molecular weight is 303 g/mol. The van der Waals surface area contributed by atoms with Gasteiger partial charge in [0.25, 0.3) is 0 Å². The molecule has 0 saturated heterocycles. The van der Waals surface area contributed by atoms with Crippen molar-refractivity contribution in [1.29, 1.82) is 0 Å². The standard InChI is InChI=1S/C5H8O3.C4H4O4.C3H5NO/c1-2-5(7)8-4-3-6;5-3(6)1-2-4(7)8;1-2-3(4)5/h2,6H,1,3-4H2;1-2H,(H,5,6)(H,7,8);2H,1H2,(H2,4,5). The van der Waals surface area contributed by atoms with Crippen LogP contribution >= 0.6 is 0 Å². The number of nitrogens with two attached hydrogens (primary N) is 1. The average Bonchev–Trinajstić information content (AvgIpc) is 2.43. The molecule has 0 unspecified atom stereocenters. The van der Waals surface area contributed by atoms with Gasteiger partial charge in [0.2, 0.25) is 5.91 Å². The van der Waals surface area contributed by atoms with Crippen LogP contribution in [0.25, 0.3) is 0 Å². The molecule has 0 aromatic carbocycles. The minimum atomic E-state index is -1.26. The van der Waals surface area contributed by atoms with Crippen molar-refractivity contribution in [2.24, 2.45) is 5.73 Å². The van der Waals surface area contributed by atoms with Crippen molar-refractivity contribution in [3.63, 3.8) is 0 Å². The third-order valence-corrected chi connectivity index (χ3v) is 1.07. The van der Waals surface area contributed by atoms with Gasteiger partial charge in [0.1, 0.15) is 6.61 Å². The van der Waals surface area contributed by atoms with Crippen LogP contribution in [0, 0.1) is 0 Å². The fraction of sp³-hybridized carbons (Fsp3) is 0.167. The van der Waals surface area contributed by atoms with E-state index >= 15 is 0 Å². The topological polar surface area (TPSA) is 164 Å². The Hall–Kier alpha value is -2.94. The predicted molar refractivity (Wildman–Crippen MR) is 72.0 cm³/mol. The quantitative estimate of drug-likeness (QED) is 0.361. The van der Waals surface area contributed by atoms with Gasteiger partial charge < -0.3 is 25.8 Å². The van der Waals surface area contributed by atoms with Crippen LogP contribution in [-0.4, -0.2) is 52.3 Å². The summed E-state index contributed by atoms with van der Waals surface area (Å²) in [6.07, 6.45) is 3.22. The normalized spacial score (nSPS) is 8.24. The lowest BCUT2D eigenvalue weighted by molar-refractivity contribution is -0.138. The van der Waals surface area contributed by atoms with E-state index in [9.17, 15) is 19.2 Å². The van der Waals surface area contributed by atoms with Crippen LogP contribution in [0.4, 0.5) is 0 Å². The van der Waals surface area contributed by atoms with Gasteiger partial charge in [-0.3, -0.25) is 4.79 Å². The molecule has 0 rings (SSSR count). The molecular formula is C12H17NO8. The first-order valence-corrected chi connectivity index (χ1v) is 5.17. The summed E-state index contributed by atoms with van der Waals surface area (Å²) < 4.78 is 4.33. The molecule has 0 aromatic rings. The highest BCUT2D eigenvalue weighted by Gasteiger charge is 1.90. The van der Waals surface area contributed by atoms with Gasteiger partial charge in [-0.2, -0.15) is 0 Å². The van der Waals surface area contributed by atoms with Gasteiger partial charge in [-0.25, -0.2) is 14.4 Å². The van der Waals surface area contributed by atoms with Crippen molar-refractivity contribution < 1.29 is 39.2 Å². The summed E-state index contributed by atoms with van der Waals surface area (Å²) >= 11 is 0. The van der Waals surface area contributed by atoms with Crippen LogP contribution in [-0.2, 0) is 23.9 Å². The van der Waals surface area contributed by atoms with Gasteiger partial charge in [0.05, 0.1) is 6.61 Å². The summed E-state index contributed by atoms with van der Waals surface area (Å²) in [5, 5.41) is 23.7. The Bertz CT molecular complexity index is 384. The molecule has 118 valence electrons. The number of carboxylic acids is 2. The molecule has 0 heterocycles. The fourth-order valence-electron chi connectivity index (χ4n) is 0.348. The van der Waals surface area contributed by atoms with Crippen LogP contribution in [0.5, 0.6) is 0 Å². The number of esters is 1. The number of aliphatic hydroxyl groups excluding tert-OH is 1. The maximum Gasteiger partial charge on any atom is 0.330 e. The van der Waals surface area contributed by atoms with Crippen molar-refractivity contribution in [3.8, 4) is 0 Å². The maximum atomic E-state index is 10.1. The Balaban J connectivity index is -0.000000239. The molecular weight excluding hydrogens is 286 g/mol. The summed E-state index contributed by atoms with van der Waals surface area (Å²) in [6.45, 7) is 6.15. The van der Waals surface area contributed by atoms with E-state index in [0.717, 1.165) is 12.2 Å². The van der Waals surface area contributed by atoms with Gasteiger partial charge in [0, 0.05) is 18.2 Å². The van der Waals surface area contributed by atoms with Gasteiger partial charge in [-0.15, -0.1) is 0 Å². The molecule has 0 saturated carbocycles. The van der Waals surface area contributed by atoms with Gasteiger partial charge in [-0.05, 0) is 6.08 Å². The Kier molecular flexibility index (Phi) is 18.8. The van der Waals surface area contributed by atoms with Crippen molar-refractivity contribution in [2.75, 3.05) is 13.2 Å². The predicted octanol–water partition coefficient (Wildman–Crippen LogP) is -0.923. The molecule has 0 bridgehead atoms. The molecule has 9 nitrogen and oxygen atoms in total. The highest BCUT2D eigenvalue weighted by atomic mass is 16.5. The van der Waals surface area contributed by atoms with E-state index in [1.54, 1.807) is 0 Å². The first-order chi connectivity index (χ1) is 9.70.